The number of ether oxygens (including phenoxy) is 1. The molecule has 0 aliphatic carbocycles. The smallest absolute Gasteiger partial charge is 0.412 e. The number of carboxylic acid groups (broad SMARTS) is 1. The number of nitrogens with zero attached hydrogens (tertiary/aromatic N) is 4. The number of aryl methyl sites for hydroxylation is 1. The molecule has 2 rings (SSSR count). The van der Waals surface area contributed by atoms with Crippen LogP contribution in [0.15, 0.2) is 24.3 Å². The van der Waals surface area contributed by atoms with Crippen molar-refractivity contribution in [3.05, 3.63) is 46.8 Å². The van der Waals surface area contributed by atoms with E-state index < -0.39 is 6.09 Å². The highest BCUT2D eigenvalue weighted by Gasteiger charge is 2.24. The predicted octanol–water partition coefficient (Wildman–Crippen LogP) is 3.09. The molecule has 0 radical (unpaired) electrons. The Balaban J connectivity index is 2.37. The number of carbonyl (C=O) groups is 1. The van der Waals surface area contributed by atoms with Crippen molar-refractivity contribution in [3.63, 3.8) is 0 Å². The van der Waals surface area contributed by atoms with Crippen LogP contribution >= 0.6 is 0 Å². The summed E-state index contributed by atoms with van der Waals surface area (Å²) in [5, 5.41) is 23.2. The van der Waals surface area contributed by atoms with E-state index in [0.29, 0.717) is 23.5 Å². The van der Waals surface area contributed by atoms with E-state index in [1.54, 1.807) is 43.0 Å². The van der Waals surface area contributed by atoms with E-state index in [1.807, 2.05) is 13.8 Å². The fourth-order valence-corrected chi connectivity index (χ4v) is 2.74. The summed E-state index contributed by atoms with van der Waals surface area (Å²) in [5.41, 5.74) is 3.22. The summed E-state index contributed by atoms with van der Waals surface area (Å²) in [6, 6.07) is 9.00. The second-order valence-corrected chi connectivity index (χ2v) is 5.93. The van der Waals surface area contributed by atoms with Gasteiger partial charge in [-0.05, 0) is 38.5 Å². The van der Waals surface area contributed by atoms with E-state index in [0.717, 1.165) is 11.3 Å². The van der Waals surface area contributed by atoms with Crippen LogP contribution in [0.25, 0.3) is 0 Å². The van der Waals surface area contributed by atoms with Gasteiger partial charge in [0, 0.05) is 7.11 Å². The predicted molar refractivity (Wildman–Crippen MR) is 93.5 cm³/mol. The minimum atomic E-state index is -1.06. The maximum atomic E-state index is 11.9. The first kappa shape index (κ1) is 18.5. The third-order valence-corrected chi connectivity index (χ3v) is 4.07. The zero-order valence-corrected chi connectivity index (χ0v) is 14.9. The van der Waals surface area contributed by atoms with Crippen molar-refractivity contribution in [1.29, 1.82) is 5.26 Å². The number of hydrogen-bond acceptors (Lipinski definition) is 4. The fourth-order valence-electron chi connectivity index (χ4n) is 2.74. The number of nitriles is 1. The lowest BCUT2D eigenvalue weighted by Gasteiger charge is -2.20. The molecule has 1 atom stereocenters. The Morgan fingerprint density at radius 1 is 1.48 bits per heavy atom. The Morgan fingerprint density at radius 3 is 2.80 bits per heavy atom. The molecule has 0 saturated carbocycles. The SMILES string of the molecule is COC(C)Cn1nc(C)c(N(Cc2cccc(C#N)c2)C(=O)O)c1C. The van der Waals surface area contributed by atoms with Crippen LogP contribution in [0.5, 0.6) is 0 Å². The molecule has 1 N–H and O–H groups in total. The Labute approximate surface area is 147 Å². The van der Waals surface area contributed by atoms with Crippen LogP contribution in [0, 0.1) is 25.2 Å². The molecule has 0 fully saturated rings. The van der Waals surface area contributed by atoms with Crippen LogP contribution in [0.2, 0.25) is 0 Å². The number of methoxy groups -OCH3 is 1. The number of benzene rings is 1. The summed E-state index contributed by atoms with van der Waals surface area (Å²) < 4.78 is 7.03. The van der Waals surface area contributed by atoms with Gasteiger partial charge in [0.1, 0.15) is 0 Å². The van der Waals surface area contributed by atoms with Gasteiger partial charge in [0.25, 0.3) is 0 Å². The monoisotopic (exact) mass is 342 g/mol. The lowest BCUT2D eigenvalue weighted by atomic mass is 10.1. The van der Waals surface area contributed by atoms with Gasteiger partial charge < -0.3 is 9.84 Å². The first-order chi connectivity index (χ1) is 11.9. The maximum Gasteiger partial charge on any atom is 0.412 e. The third-order valence-electron chi connectivity index (χ3n) is 4.07. The van der Waals surface area contributed by atoms with Gasteiger partial charge in [-0.2, -0.15) is 10.4 Å². The average Bonchev–Trinajstić information content (AvgIpc) is 2.86. The van der Waals surface area contributed by atoms with E-state index in [-0.39, 0.29) is 12.6 Å². The lowest BCUT2D eigenvalue weighted by molar-refractivity contribution is 0.0992. The zero-order chi connectivity index (χ0) is 18.6. The molecular formula is C18H22N4O3. The second-order valence-electron chi connectivity index (χ2n) is 5.93. The number of amides is 1. The molecule has 0 saturated heterocycles. The van der Waals surface area contributed by atoms with Gasteiger partial charge >= 0.3 is 6.09 Å². The first-order valence-corrected chi connectivity index (χ1v) is 7.93. The maximum absolute atomic E-state index is 11.9. The van der Waals surface area contributed by atoms with Crippen LogP contribution in [-0.2, 0) is 17.8 Å². The van der Waals surface area contributed by atoms with E-state index >= 15 is 0 Å². The van der Waals surface area contributed by atoms with Gasteiger partial charge in [0.15, 0.2) is 0 Å². The van der Waals surface area contributed by atoms with E-state index in [2.05, 4.69) is 11.2 Å². The summed E-state index contributed by atoms with van der Waals surface area (Å²) in [4.78, 5) is 13.1. The van der Waals surface area contributed by atoms with Crippen molar-refractivity contribution in [1.82, 2.24) is 9.78 Å². The molecule has 1 unspecified atom stereocenters. The van der Waals surface area contributed by atoms with Crippen molar-refractivity contribution in [2.24, 2.45) is 0 Å². The summed E-state index contributed by atoms with van der Waals surface area (Å²) in [6.07, 6.45) is -1.09. The average molecular weight is 342 g/mol. The minimum absolute atomic E-state index is 0.0311. The second kappa shape index (κ2) is 7.81. The molecule has 25 heavy (non-hydrogen) atoms. The molecule has 0 aliphatic rings. The first-order valence-electron chi connectivity index (χ1n) is 7.93. The van der Waals surface area contributed by atoms with E-state index in [4.69, 9.17) is 10.00 Å². The van der Waals surface area contributed by atoms with Gasteiger partial charge in [-0.1, -0.05) is 12.1 Å². The van der Waals surface area contributed by atoms with Gasteiger partial charge in [-0.15, -0.1) is 0 Å². The molecule has 1 heterocycles. The highest BCUT2D eigenvalue weighted by atomic mass is 16.5. The quantitative estimate of drug-likeness (QED) is 0.871. The van der Waals surface area contributed by atoms with Crippen LogP contribution in [0.1, 0.15) is 29.4 Å². The number of aromatic nitrogens is 2. The number of rotatable bonds is 6. The molecular weight excluding hydrogens is 320 g/mol. The molecule has 7 heteroatoms. The molecule has 1 aromatic heterocycles. The minimum Gasteiger partial charge on any atom is -0.465 e. The molecule has 1 amide bonds. The van der Waals surface area contributed by atoms with Crippen molar-refractivity contribution in [3.8, 4) is 6.07 Å². The van der Waals surface area contributed by atoms with Crippen LogP contribution in [0.3, 0.4) is 0 Å². The molecule has 7 nitrogen and oxygen atoms in total. The van der Waals surface area contributed by atoms with Crippen molar-refractivity contribution in [2.75, 3.05) is 12.0 Å². The molecule has 1 aromatic carbocycles. The van der Waals surface area contributed by atoms with Crippen molar-refractivity contribution < 1.29 is 14.6 Å². The normalized spacial score (nSPS) is 11.8. The Hall–Kier alpha value is -2.85. The third kappa shape index (κ3) is 4.17. The Bertz CT molecular complexity index is 807. The number of hydrogen-bond donors (Lipinski definition) is 1. The highest BCUT2D eigenvalue weighted by Crippen LogP contribution is 2.27. The summed E-state index contributed by atoms with van der Waals surface area (Å²) in [7, 11) is 1.63. The standard InChI is InChI=1S/C18H22N4O3/c1-12(25-4)10-22-14(3)17(13(2)20-22)21(18(23)24)11-16-7-5-6-15(8-16)9-19/h5-8,12H,10-11H2,1-4H3,(H,23,24). The summed E-state index contributed by atoms with van der Waals surface area (Å²) in [5.74, 6) is 0. The van der Waals surface area contributed by atoms with Gasteiger partial charge in [-0.25, -0.2) is 4.79 Å². The Kier molecular flexibility index (Phi) is 5.78. The molecule has 132 valence electrons. The Morgan fingerprint density at radius 2 is 2.20 bits per heavy atom. The van der Waals surface area contributed by atoms with Gasteiger partial charge in [0.05, 0.1) is 47.9 Å². The molecule has 0 aliphatic heterocycles. The van der Waals surface area contributed by atoms with Gasteiger partial charge in [0.2, 0.25) is 0 Å². The topological polar surface area (TPSA) is 91.4 Å². The fraction of sp³-hybridized carbons (Fsp3) is 0.389. The molecule has 0 spiro atoms. The summed E-state index contributed by atoms with van der Waals surface area (Å²) >= 11 is 0. The van der Waals surface area contributed by atoms with Crippen LogP contribution < -0.4 is 4.90 Å². The van der Waals surface area contributed by atoms with Crippen molar-refractivity contribution >= 4 is 11.8 Å². The van der Waals surface area contributed by atoms with E-state index in [9.17, 15) is 9.90 Å². The largest absolute Gasteiger partial charge is 0.465 e. The molecule has 0 bridgehead atoms. The van der Waals surface area contributed by atoms with Gasteiger partial charge in [-0.3, -0.25) is 9.58 Å². The number of anilines is 1. The summed E-state index contributed by atoms with van der Waals surface area (Å²) in [6.45, 7) is 6.26. The van der Waals surface area contributed by atoms with Crippen molar-refractivity contribution in [2.45, 2.75) is 40.0 Å². The van der Waals surface area contributed by atoms with E-state index in [1.165, 1.54) is 4.90 Å². The zero-order valence-electron chi connectivity index (χ0n) is 14.9. The highest BCUT2D eigenvalue weighted by molar-refractivity contribution is 5.87. The van der Waals surface area contributed by atoms with Crippen LogP contribution in [-0.4, -0.2) is 34.2 Å². The lowest BCUT2D eigenvalue weighted by Crippen LogP contribution is -2.29. The molecule has 2 aromatic rings. The van der Waals surface area contributed by atoms with Crippen LogP contribution in [0.4, 0.5) is 10.5 Å².